The van der Waals surface area contributed by atoms with E-state index >= 15 is 0 Å². The van der Waals surface area contributed by atoms with Crippen LogP contribution in [-0.2, 0) is 11.2 Å². The number of urea groups is 1. The number of aromatic nitrogens is 1. The van der Waals surface area contributed by atoms with E-state index in [1.165, 1.54) is 5.56 Å². The number of rotatable bonds is 7. The number of benzene rings is 1. The van der Waals surface area contributed by atoms with Gasteiger partial charge in [-0.1, -0.05) is 35.9 Å². The summed E-state index contributed by atoms with van der Waals surface area (Å²) in [5, 5.41) is 14.0. The number of nitrogens with one attached hydrogen (secondary N) is 2. The van der Waals surface area contributed by atoms with Gasteiger partial charge in [0.15, 0.2) is 0 Å². The summed E-state index contributed by atoms with van der Waals surface area (Å²) in [5.74, 6) is -0.948. The Hall–Kier alpha value is -2.89. The molecule has 6 nitrogen and oxygen atoms in total. The van der Waals surface area contributed by atoms with Crippen LogP contribution in [-0.4, -0.2) is 28.6 Å². The van der Waals surface area contributed by atoms with Crippen molar-refractivity contribution in [2.24, 2.45) is 0 Å². The third-order valence-electron chi connectivity index (χ3n) is 3.53. The van der Waals surface area contributed by atoms with E-state index in [1.807, 2.05) is 49.4 Å². The largest absolute Gasteiger partial charge is 0.481 e. The van der Waals surface area contributed by atoms with Crippen LogP contribution in [0.4, 0.5) is 4.79 Å². The van der Waals surface area contributed by atoms with Crippen LogP contribution < -0.4 is 10.6 Å². The molecule has 0 aliphatic heterocycles. The van der Waals surface area contributed by atoms with Gasteiger partial charge in [-0.05, 0) is 31.0 Å². The number of aryl methyl sites for hydroxylation is 1. The van der Waals surface area contributed by atoms with Crippen molar-refractivity contribution in [1.82, 2.24) is 15.6 Å². The predicted molar refractivity (Wildman–Crippen MR) is 90.6 cm³/mol. The number of hydrogen-bond acceptors (Lipinski definition) is 3. The molecule has 2 aromatic rings. The van der Waals surface area contributed by atoms with Crippen LogP contribution in [0, 0.1) is 6.92 Å². The second-order valence-corrected chi connectivity index (χ2v) is 5.54. The number of carbonyl (C=O) groups is 2. The predicted octanol–water partition coefficient (Wildman–Crippen LogP) is 2.45. The Balaban J connectivity index is 2.04. The van der Waals surface area contributed by atoms with Crippen LogP contribution in [0.2, 0.25) is 0 Å². The summed E-state index contributed by atoms with van der Waals surface area (Å²) in [5.41, 5.74) is 3.01. The van der Waals surface area contributed by atoms with E-state index in [0.29, 0.717) is 6.42 Å². The molecule has 0 saturated heterocycles. The lowest BCUT2D eigenvalue weighted by Gasteiger charge is -2.19. The van der Waals surface area contributed by atoms with Crippen molar-refractivity contribution in [2.75, 3.05) is 6.54 Å². The number of nitrogens with zero attached hydrogens (tertiary/aromatic N) is 1. The molecule has 1 unspecified atom stereocenters. The van der Waals surface area contributed by atoms with E-state index in [-0.39, 0.29) is 19.0 Å². The molecule has 1 heterocycles. The topological polar surface area (TPSA) is 91.3 Å². The molecule has 2 rings (SSSR count). The molecular formula is C18H21N3O3. The summed E-state index contributed by atoms with van der Waals surface area (Å²) in [7, 11) is 0. The molecule has 1 aromatic carbocycles. The Morgan fingerprint density at radius 3 is 2.54 bits per heavy atom. The number of carboxylic acids is 1. The zero-order valence-corrected chi connectivity index (χ0v) is 13.5. The summed E-state index contributed by atoms with van der Waals surface area (Å²) in [4.78, 5) is 26.8. The van der Waals surface area contributed by atoms with Crippen LogP contribution in [0.5, 0.6) is 0 Å². The Morgan fingerprint density at radius 2 is 1.92 bits per heavy atom. The summed E-state index contributed by atoms with van der Waals surface area (Å²) in [6.07, 6.45) is 2.17. The van der Waals surface area contributed by atoms with Crippen molar-refractivity contribution in [3.63, 3.8) is 0 Å². The maximum atomic E-state index is 12.0. The maximum Gasteiger partial charge on any atom is 0.315 e. The molecular weight excluding hydrogens is 306 g/mol. The van der Waals surface area contributed by atoms with Crippen molar-refractivity contribution in [3.8, 4) is 0 Å². The van der Waals surface area contributed by atoms with Crippen LogP contribution in [0.15, 0.2) is 48.7 Å². The number of carboxylic acid groups (broad SMARTS) is 1. The standard InChI is InChI=1S/C18H21N3O3/c1-13-5-7-14(8-6-13)12-16(15-4-2-3-10-19-15)21-18(24)20-11-9-17(22)23/h2-8,10,16H,9,11-12H2,1H3,(H,22,23)(H2,20,21,24). The highest BCUT2D eigenvalue weighted by Crippen LogP contribution is 2.17. The first-order valence-electron chi connectivity index (χ1n) is 7.77. The maximum absolute atomic E-state index is 12.0. The van der Waals surface area contributed by atoms with Gasteiger partial charge in [0.1, 0.15) is 0 Å². The van der Waals surface area contributed by atoms with Gasteiger partial charge in [-0.15, -0.1) is 0 Å². The molecule has 1 atom stereocenters. The lowest BCUT2D eigenvalue weighted by molar-refractivity contribution is -0.136. The Kier molecular flexibility index (Phi) is 6.31. The molecule has 0 bridgehead atoms. The fourth-order valence-electron chi connectivity index (χ4n) is 2.26. The van der Waals surface area contributed by atoms with E-state index in [9.17, 15) is 9.59 Å². The van der Waals surface area contributed by atoms with E-state index in [1.54, 1.807) is 6.20 Å². The Morgan fingerprint density at radius 1 is 1.17 bits per heavy atom. The molecule has 0 radical (unpaired) electrons. The zero-order chi connectivity index (χ0) is 17.4. The summed E-state index contributed by atoms with van der Waals surface area (Å²) >= 11 is 0. The second kappa shape index (κ2) is 8.67. The Labute approximate surface area is 140 Å². The van der Waals surface area contributed by atoms with Gasteiger partial charge in [-0.25, -0.2) is 4.79 Å². The number of hydrogen-bond donors (Lipinski definition) is 3. The van der Waals surface area contributed by atoms with Gasteiger partial charge in [0, 0.05) is 12.7 Å². The first kappa shape index (κ1) is 17.5. The fraction of sp³-hybridized carbons (Fsp3) is 0.278. The molecule has 2 amide bonds. The van der Waals surface area contributed by atoms with Gasteiger partial charge >= 0.3 is 12.0 Å². The third kappa shape index (κ3) is 5.72. The van der Waals surface area contributed by atoms with Gasteiger partial charge in [-0.2, -0.15) is 0 Å². The molecule has 0 saturated carbocycles. The van der Waals surface area contributed by atoms with Gasteiger partial charge in [-0.3, -0.25) is 9.78 Å². The average molecular weight is 327 g/mol. The smallest absolute Gasteiger partial charge is 0.315 e. The van der Waals surface area contributed by atoms with Crippen LogP contribution in [0.25, 0.3) is 0 Å². The molecule has 3 N–H and O–H groups in total. The molecule has 24 heavy (non-hydrogen) atoms. The average Bonchev–Trinajstić information content (AvgIpc) is 2.57. The lowest BCUT2D eigenvalue weighted by atomic mass is 10.0. The molecule has 0 aliphatic rings. The van der Waals surface area contributed by atoms with Crippen LogP contribution >= 0.6 is 0 Å². The minimum atomic E-state index is -0.948. The van der Waals surface area contributed by atoms with Crippen molar-refractivity contribution in [2.45, 2.75) is 25.8 Å². The van der Waals surface area contributed by atoms with E-state index in [0.717, 1.165) is 11.3 Å². The zero-order valence-electron chi connectivity index (χ0n) is 13.5. The Bertz CT molecular complexity index is 672. The van der Waals surface area contributed by atoms with Gasteiger partial charge in [0.05, 0.1) is 18.2 Å². The minimum Gasteiger partial charge on any atom is -0.481 e. The van der Waals surface area contributed by atoms with Crippen LogP contribution in [0.1, 0.15) is 29.3 Å². The highest BCUT2D eigenvalue weighted by Gasteiger charge is 2.16. The number of amides is 2. The molecule has 0 fully saturated rings. The van der Waals surface area contributed by atoms with Crippen molar-refractivity contribution >= 4 is 12.0 Å². The quantitative estimate of drug-likeness (QED) is 0.728. The number of carbonyl (C=O) groups excluding carboxylic acids is 1. The van der Waals surface area contributed by atoms with Crippen LogP contribution in [0.3, 0.4) is 0 Å². The molecule has 1 aromatic heterocycles. The minimum absolute atomic E-state index is 0.0840. The molecule has 0 aliphatic carbocycles. The van der Waals surface area contributed by atoms with Crippen molar-refractivity contribution < 1.29 is 14.7 Å². The fourth-order valence-corrected chi connectivity index (χ4v) is 2.26. The number of pyridine rings is 1. The van der Waals surface area contributed by atoms with Gasteiger partial charge in [0.2, 0.25) is 0 Å². The third-order valence-corrected chi connectivity index (χ3v) is 3.53. The van der Waals surface area contributed by atoms with Gasteiger partial charge < -0.3 is 15.7 Å². The van der Waals surface area contributed by atoms with Crippen molar-refractivity contribution in [3.05, 3.63) is 65.5 Å². The second-order valence-electron chi connectivity index (χ2n) is 5.54. The highest BCUT2D eigenvalue weighted by atomic mass is 16.4. The first-order valence-corrected chi connectivity index (χ1v) is 7.77. The summed E-state index contributed by atoms with van der Waals surface area (Å²) in [6.45, 7) is 2.11. The SMILES string of the molecule is Cc1ccc(CC(NC(=O)NCCC(=O)O)c2ccccn2)cc1. The highest BCUT2D eigenvalue weighted by molar-refractivity contribution is 5.75. The molecule has 0 spiro atoms. The van der Waals surface area contributed by atoms with E-state index < -0.39 is 12.0 Å². The summed E-state index contributed by atoms with van der Waals surface area (Å²) < 4.78 is 0. The first-order chi connectivity index (χ1) is 11.5. The van der Waals surface area contributed by atoms with E-state index in [4.69, 9.17) is 5.11 Å². The lowest BCUT2D eigenvalue weighted by Crippen LogP contribution is -2.39. The van der Waals surface area contributed by atoms with E-state index in [2.05, 4.69) is 15.6 Å². The van der Waals surface area contributed by atoms with Gasteiger partial charge in [0.25, 0.3) is 0 Å². The van der Waals surface area contributed by atoms with Crippen molar-refractivity contribution in [1.29, 1.82) is 0 Å². The monoisotopic (exact) mass is 327 g/mol. The number of aliphatic carboxylic acids is 1. The molecule has 6 heteroatoms. The summed E-state index contributed by atoms with van der Waals surface area (Å²) in [6, 6.07) is 12.9. The molecule has 126 valence electrons. The normalized spacial score (nSPS) is 11.5.